The summed E-state index contributed by atoms with van der Waals surface area (Å²) in [6.45, 7) is 3.53. The van der Waals surface area contributed by atoms with Gasteiger partial charge in [0.1, 0.15) is 0 Å². The van der Waals surface area contributed by atoms with Gasteiger partial charge in [-0.1, -0.05) is 24.3 Å². The van der Waals surface area contributed by atoms with Gasteiger partial charge in [0.25, 0.3) is 0 Å². The zero-order chi connectivity index (χ0) is 22.2. The number of para-hydroxylation sites is 1. The van der Waals surface area contributed by atoms with Gasteiger partial charge in [-0.05, 0) is 62.8 Å². The Hall–Kier alpha value is -2.54. The number of rotatable bonds is 12. The summed E-state index contributed by atoms with van der Waals surface area (Å²) in [5.41, 5.74) is 2.27. The molecule has 3 aromatic rings. The number of aromatic nitrogens is 1. The van der Waals surface area contributed by atoms with Crippen molar-refractivity contribution in [2.24, 2.45) is 0 Å². The molecule has 0 fully saturated rings. The van der Waals surface area contributed by atoms with Crippen molar-refractivity contribution in [1.82, 2.24) is 14.4 Å². The van der Waals surface area contributed by atoms with Crippen LogP contribution < -0.4 is 9.47 Å². The molecule has 0 bridgehead atoms. The summed E-state index contributed by atoms with van der Waals surface area (Å²) < 4.78 is 13.5. The van der Waals surface area contributed by atoms with E-state index >= 15 is 0 Å². The number of hydrogen-bond acceptors (Lipinski definition) is 5. The fourth-order valence-electron chi connectivity index (χ4n) is 3.81. The summed E-state index contributed by atoms with van der Waals surface area (Å²) in [4.78, 5) is 4.27. The normalized spacial score (nSPS) is 12.6. The molecule has 1 aromatic heterocycles. The third kappa shape index (κ3) is 6.72. The van der Waals surface area contributed by atoms with Gasteiger partial charge in [0.2, 0.25) is 0 Å². The Morgan fingerprint density at radius 1 is 1.03 bits per heavy atom. The van der Waals surface area contributed by atoms with Crippen LogP contribution in [0.4, 0.5) is 0 Å². The zero-order valence-electron chi connectivity index (χ0n) is 19.1. The Labute approximate surface area is 185 Å². The first-order valence-electron chi connectivity index (χ1n) is 10.8. The number of aliphatic hydroxyl groups is 1. The van der Waals surface area contributed by atoms with Crippen LogP contribution in [0, 0.1) is 0 Å². The van der Waals surface area contributed by atoms with Gasteiger partial charge >= 0.3 is 0 Å². The number of benzene rings is 2. The minimum atomic E-state index is -0.456. The molecular formula is C25H35N3O3. The Balaban J connectivity index is 1.52. The van der Waals surface area contributed by atoms with Crippen LogP contribution in [0.3, 0.4) is 0 Å². The maximum absolute atomic E-state index is 10.6. The van der Waals surface area contributed by atoms with E-state index in [4.69, 9.17) is 9.47 Å². The van der Waals surface area contributed by atoms with E-state index in [1.807, 2.05) is 37.5 Å². The average Bonchev–Trinajstić information content (AvgIpc) is 3.14. The highest BCUT2D eigenvalue weighted by Crippen LogP contribution is 2.28. The highest BCUT2D eigenvalue weighted by molar-refractivity contribution is 5.79. The molecule has 1 heterocycles. The first-order chi connectivity index (χ1) is 15.0. The van der Waals surface area contributed by atoms with Crippen LogP contribution in [-0.4, -0.2) is 73.5 Å². The second kappa shape index (κ2) is 11.2. The van der Waals surface area contributed by atoms with E-state index in [9.17, 15) is 5.11 Å². The van der Waals surface area contributed by atoms with Crippen molar-refractivity contribution in [2.75, 3.05) is 47.9 Å². The van der Waals surface area contributed by atoms with Gasteiger partial charge in [-0.3, -0.25) is 4.90 Å². The lowest BCUT2D eigenvalue weighted by molar-refractivity contribution is 0.108. The van der Waals surface area contributed by atoms with Crippen molar-refractivity contribution < 1.29 is 14.6 Å². The molecule has 0 aliphatic rings. The van der Waals surface area contributed by atoms with E-state index in [2.05, 4.69) is 52.7 Å². The van der Waals surface area contributed by atoms with Gasteiger partial charge in [0, 0.05) is 37.9 Å². The monoisotopic (exact) mass is 425 g/mol. The molecule has 1 N–H and O–H groups in total. The molecule has 1 unspecified atom stereocenters. The van der Waals surface area contributed by atoms with Crippen molar-refractivity contribution in [1.29, 1.82) is 0 Å². The predicted molar refractivity (Wildman–Crippen MR) is 126 cm³/mol. The first-order valence-corrected chi connectivity index (χ1v) is 10.8. The number of hydrogen-bond donors (Lipinski definition) is 1. The lowest BCUT2D eigenvalue weighted by Gasteiger charge is -2.22. The van der Waals surface area contributed by atoms with Crippen molar-refractivity contribution in [3.63, 3.8) is 0 Å². The van der Waals surface area contributed by atoms with Crippen LogP contribution in [-0.2, 0) is 13.1 Å². The van der Waals surface area contributed by atoms with E-state index in [-0.39, 0.29) is 0 Å². The number of likely N-dealkylation sites (N-methyl/N-ethyl adjacent to an activating group) is 1. The molecule has 3 rings (SSSR count). The summed E-state index contributed by atoms with van der Waals surface area (Å²) in [6, 6.07) is 16.4. The molecule has 0 saturated carbocycles. The van der Waals surface area contributed by atoms with Crippen molar-refractivity contribution in [3.8, 4) is 11.5 Å². The maximum atomic E-state index is 10.6. The molecular weight excluding hydrogens is 390 g/mol. The molecule has 0 saturated heterocycles. The Kier molecular flexibility index (Phi) is 8.35. The van der Waals surface area contributed by atoms with E-state index in [1.165, 1.54) is 5.39 Å². The Bertz CT molecular complexity index is 954. The number of fused-ring (bicyclic) bond motifs is 1. The second-order valence-electron chi connectivity index (χ2n) is 8.37. The maximum Gasteiger partial charge on any atom is 0.161 e. The van der Waals surface area contributed by atoms with Crippen molar-refractivity contribution >= 4 is 10.9 Å². The summed E-state index contributed by atoms with van der Waals surface area (Å²) >= 11 is 0. The summed E-state index contributed by atoms with van der Waals surface area (Å²) in [6.07, 6.45) is 2.55. The lowest BCUT2D eigenvalue weighted by Crippen LogP contribution is -2.31. The Morgan fingerprint density at radius 2 is 1.84 bits per heavy atom. The molecule has 0 spiro atoms. The number of methoxy groups -OCH3 is 1. The van der Waals surface area contributed by atoms with Gasteiger partial charge in [0.15, 0.2) is 11.5 Å². The summed E-state index contributed by atoms with van der Waals surface area (Å²) in [5, 5.41) is 11.8. The zero-order valence-corrected chi connectivity index (χ0v) is 19.1. The van der Waals surface area contributed by atoms with Crippen molar-refractivity contribution in [3.05, 3.63) is 60.3 Å². The standard InChI is InChI=1S/C25H35N3O3/c1-26(2)13-7-15-31-24-11-10-20(16-25(24)30-4)17-27(3)18-22(29)19-28-14-12-21-8-5-6-9-23(21)28/h5-6,8-12,14,16,22,29H,7,13,15,17-19H2,1-4H3. The highest BCUT2D eigenvalue weighted by atomic mass is 16.5. The van der Waals surface area contributed by atoms with Crippen LogP contribution in [0.15, 0.2) is 54.7 Å². The fraction of sp³-hybridized carbons (Fsp3) is 0.440. The summed E-state index contributed by atoms with van der Waals surface area (Å²) in [7, 11) is 7.81. The van der Waals surface area contributed by atoms with Crippen molar-refractivity contribution in [2.45, 2.75) is 25.6 Å². The van der Waals surface area contributed by atoms with E-state index in [0.29, 0.717) is 19.7 Å². The molecule has 1 atom stereocenters. The molecule has 6 heteroatoms. The first kappa shape index (κ1) is 23.1. The number of ether oxygens (including phenoxy) is 2. The van der Waals surface area contributed by atoms with E-state index in [1.54, 1.807) is 7.11 Å². The third-order valence-corrected chi connectivity index (χ3v) is 5.30. The van der Waals surface area contributed by atoms with Gasteiger partial charge in [-0.15, -0.1) is 0 Å². The molecule has 2 aromatic carbocycles. The summed E-state index contributed by atoms with van der Waals surface area (Å²) in [5.74, 6) is 1.52. The van der Waals surface area contributed by atoms with Gasteiger partial charge in [-0.2, -0.15) is 0 Å². The van der Waals surface area contributed by atoms with Crippen LogP contribution in [0.5, 0.6) is 11.5 Å². The topological polar surface area (TPSA) is 50.1 Å². The van der Waals surface area contributed by atoms with Gasteiger partial charge < -0.3 is 24.0 Å². The number of aliphatic hydroxyl groups excluding tert-OH is 1. The minimum absolute atomic E-state index is 0.456. The number of nitrogens with zero attached hydrogens (tertiary/aromatic N) is 3. The van der Waals surface area contributed by atoms with Crippen LogP contribution >= 0.6 is 0 Å². The molecule has 0 aliphatic carbocycles. The van der Waals surface area contributed by atoms with E-state index < -0.39 is 6.10 Å². The van der Waals surface area contributed by atoms with Crippen LogP contribution in [0.2, 0.25) is 0 Å². The SMILES string of the molecule is COc1cc(CN(C)CC(O)Cn2ccc3ccccc32)ccc1OCCCN(C)C. The average molecular weight is 426 g/mol. The Morgan fingerprint density at radius 3 is 2.61 bits per heavy atom. The largest absolute Gasteiger partial charge is 0.493 e. The second-order valence-corrected chi connectivity index (χ2v) is 8.37. The molecule has 0 amide bonds. The molecule has 0 radical (unpaired) electrons. The van der Waals surface area contributed by atoms with Crippen LogP contribution in [0.25, 0.3) is 10.9 Å². The molecule has 31 heavy (non-hydrogen) atoms. The van der Waals surface area contributed by atoms with E-state index in [0.717, 1.165) is 42.1 Å². The van der Waals surface area contributed by atoms with Crippen LogP contribution in [0.1, 0.15) is 12.0 Å². The fourth-order valence-corrected chi connectivity index (χ4v) is 3.81. The lowest BCUT2D eigenvalue weighted by atomic mass is 10.2. The van der Waals surface area contributed by atoms with Gasteiger partial charge in [-0.25, -0.2) is 0 Å². The predicted octanol–water partition coefficient (Wildman–Crippen LogP) is 3.47. The smallest absolute Gasteiger partial charge is 0.161 e. The molecule has 168 valence electrons. The molecule has 6 nitrogen and oxygen atoms in total. The van der Waals surface area contributed by atoms with Gasteiger partial charge in [0.05, 0.1) is 19.8 Å². The highest BCUT2D eigenvalue weighted by Gasteiger charge is 2.13. The quantitative estimate of drug-likeness (QED) is 0.450. The molecule has 0 aliphatic heterocycles. The minimum Gasteiger partial charge on any atom is -0.493 e. The third-order valence-electron chi connectivity index (χ3n) is 5.30.